The molecule has 0 aliphatic heterocycles. The van der Waals surface area contributed by atoms with Crippen molar-refractivity contribution in [2.45, 2.75) is 31.7 Å². The largest absolute Gasteiger partial charge is 0.399 e. The summed E-state index contributed by atoms with van der Waals surface area (Å²) in [5.74, 6) is -1.22. The van der Waals surface area contributed by atoms with Gasteiger partial charge in [-0.25, -0.2) is 8.78 Å². The van der Waals surface area contributed by atoms with Gasteiger partial charge in [0.2, 0.25) is 0 Å². The smallest absolute Gasteiger partial charge is 0.151 e. The van der Waals surface area contributed by atoms with E-state index in [1.807, 2.05) is 0 Å². The molecule has 0 radical (unpaired) electrons. The van der Waals surface area contributed by atoms with Crippen molar-refractivity contribution in [2.75, 3.05) is 11.1 Å². The van der Waals surface area contributed by atoms with E-state index < -0.39 is 11.6 Å². The van der Waals surface area contributed by atoms with Crippen LogP contribution in [0.15, 0.2) is 12.1 Å². The van der Waals surface area contributed by atoms with Gasteiger partial charge in [0.25, 0.3) is 0 Å². The van der Waals surface area contributed by atoms with Gasteiger partial charge in [-0.3, -0.25) is 0 Å². The van der Waals surface area contributed by atoms with Gasteiger partial charge in [0.1, 0.15) is 5.69 Å². The molecule has 0 atom stereocenters. The molecule has 0 aromatic heterocycles. The van der Waals surface area contributed by atoms with Gasteiger partial charge < -0.3 is 11.1 Å². The third-order valence-corrected chi connectivity index (χ3v) is 2.77. The van der Waals surface area contributed by atoms with Crippen molar-refractivity contribution in [3.05, 3.63) is 23.8 Å². The zero-order chi connectivity index (χ0) is 10.8. The van der Waals surface area contributed by atoms with E-state index >= 15 is 0 Å². The Bertz CT molecular complexity index is 337. The number of nitrogens with one attached hydrogen (secondary N) is 1. The molecule has 0 spiro atoms. The molecule has 1 saturated carbocycles. The fourth-order valence-corrected chi connectivity index (χ4v) is 2.00. The number of nitrogens with two attached hydrogens (primary N) is 1. The lowest BCUT2D eigenvalue weighted by Crippen LogP contribution is -2.16. The highest BCUT2D eigenvalue weighted by Crippen LogP contribution is 2.27. The lowest BCUT2D eigenvalue weighted by Gasteiger charge is -2.15. The van der Waals surface area contributed by atoms with Crippen LogP contribution in [0.4, 0.5) is 20.2 Å². The average molecular weight is 212 g/mol. The van der Waals surface area contributed by atoms with Crippen LogP contribution < -0.4 is 11.1 Å². The van der Waals surface area contributed by atoms with E-state index in [0.29, 0.717) is 0 Å². The van der Waals surface area contributed by atoms with Gasteiger partial charge in [0.15, 0.2) is 11.6 Å². The molecule has 0 unspecified atom stereocenters. The summed E-state index contributed by atoms with van der Waals surface area (Å²) in [5.41, 5.74) is 5.40. The van der Waals surface area contributed by atoms with Crippen LogP contribution in [0.5, 0.6) is 0 Å². The quantitative estimate of drug-likeness (QED) is 0.740. The summed E-state index contributed by atoms with van der Waals surface area (Å²) < 4.78 is 26.8. The minimum absolute atomic E-state index is 0.0453. The monoisotopic (exact) mass is 212 g/mol. The van der Waals surface area contributed by atoms with Crippen LogP contribution in [-0.4, -0.2) is 6.04 Å². The summed E-state index contributed by atoms with van der Waals surface area (Å²) in [6.45, 7) is 0. The first-order valence-electron chi connectivity index (χ1n) is 5.18. The number of halogens is 2. The maximum Gasteiger partial charge on any atom is 0.151 e. The molecule has 82 valence electrons. The molecule has 1 aliphatic carbocycles. The second-order valence-electron chi connectivity index (χ2n) is 3.99. The van der Waals surface area contributed by atoms with E-state index in [4.69, 9.17) is 5.73 Å². The van der Waals surface area contributed by atoms with Gasteiger partial charge >= 0.3 is 0 Å². The van der Waals surface area contributed by atoms with Crippen molar-refractivity contribution < 1.29 is 8.78 Å². The number of hydrogen-bond donors (Lipinski definition) is 2. The zero-order valence-corrected chi connectivity index (χ0v) is 8.39. The summed E-state index contributed by atoms with van der Waals surface area (Å²) in [4.78, 5) is 0. The second kappa shape index (κ2) is 4.04. The van der Waals surface area contributed by atoms with Gasteiger partial charge in [-0.15, -0.1) is 0 Å². The van der Waals surface area contributed by atoms with E-state index in [0.717, 1.165) is 37.8 Å². The maximum atomic E-state index is 13.4. The van der Waals surface area contributed by atoms with Crippen molar-refractivity contribution in [1.82, 2.24) is 0 Å². The van der Waals surface area contributed by atoms with Crippen LogP contribution in [0.2, 0.25) is 0 Å². The Morgan fingerprint density at radius 3 is 2.20 bits per heavy atom. The summed E-state index contributed by atoms with van der Waals surface area (Å²) in [5, 5.41) is 2.90. The topological polar surface area (TPSA) is 38.0 Å². The van der Waals surface area contributed by atoms with Crippen LogP contribution in [0.3, 0.4) is 0 Å². The number of anilines is 2. The minimum Gasteiger partial charge on any atom is -0.399 e. The van der Waals surface area contributed by atoms with Crippen molar-refractivity contribution >= 4 is 11.4 Å². The van der Waals surface area contributed by atoms with Crippen molar-refractivity contribution in [3.8, 4) is 0 Å². The fraction of sp³-hybridized carbons (Fsp3) is 0.455. The van der Waals surface area contributed by atoms with Crippen LogP contribution in [-0.2, 0) is 0 Å². The third-order valence-electron chi connectivity index (χ3n) is 2.77. The van der Waals surface area contributed by atoms with Gasteiger partial charge in [-0.2, -0.15) is 0 Å². The highest BCUT2D eigenvalue weighted by molar-refractivity contribution is 5.54. The second-order valence-corrected chi connectivity index (χ2v) is 3.99. The molecule has 0 saturated heterocycles. The normalized spacial score (nSPS) is 16.9. The summed E-state index contributed by atoms with van der Waals surface area (Å²) in [7, 11) is 0. The van der Waals surface area contributed by atoms with Gasteiger partial charge in [0, 0.05) is 11.7 Å². The van der Waals surface area contributed by atoms with E-state index in [1.54, 1.807) is 0 Å². The van der Waals surface area contributed by atoms with Gasteiger partial charge in [0.05, 0.1) is 0 Å². The van der Waals surface area contributed by atoms with Crippen LogP contribution in [0.1, 0.15) is 25.7 Å². The Labute approximate surface area is 87.5 Å². The van der Waals surface area contributed by atoms with E-state index in [2.05, 4.69) is 5.32 Å². The summed E-state index contributed by atoms with van der Waals surface area (Å²) in [6.07, 6.45) is 4.19. The summed E-state index contributed by atoms with van der Waals surface area (Å²) in [6, 6.07) is 2.47. The van der Waals surface area contributed by atoms with Crippen LogP contribution in [0, 0.1) is 11.6 Å². The fourth-order valence-electron chi connectivity index (χ4n) is 2.00. The maximum absolute atomic E-state index is 13.4. The SMILES string of the molecule is Nc1cc(F)c(NC2CCCC2)c(F)c1. The molecular weight excluding hydrogens is 198 g/mol. The molecule has 4 heteroatoms. The molecular formula is C11H14F2N2. The van der Waals surface area contributed by atoms with E-state index in [9.17, 15) is 8.78 Å². The molecule has 1 fully saturated rings. The molecule has 15 heavy (non-hydrogen) atoms. The standard InChI is InChI=1S/C11H14F2N2/c12-9-5-7(14)6-10(13)11(9)15-8-3-1-2-4-8/h5-6,8,15H,1-4,14H2. The van der Waals surface area contributed by atoms with E-state index in [-0.39, 0.29) is 17.4 Å². The lowest BCUT2D eigenvalue weighted by molar-refractivity contribution is 0.582. The predicted octanol–water partition coefficient (Wildman–Crippen LogP) is 2.90. The number of rotatable bonds is 2. The molecule has 0 amide bonds. The molecule has 0 heterocycles. The van der Waals surface area contributed by atoms with Gasteiger partial charge in [-0.1, -0.05) is 12.8 Å². The Morgan fingerprint density at radius 1 is 1.13 bits per heavy atom. The van der Waals surface area contributed by atoms with Gasteiger partial charge in [-0.05, 0) is 25.0 Å². The average Bonchev–Trinajstić information content (AvgIpc) is 2.63. The first-order valence-corrected chi connectivity index (χ1v) is 5.18. The van der Waals surface area contributed by atoms with Crippen molar-refractivity contribution in [1.29, 1.82) is 0 Å². The Hall–Kier alpha value is -1.32. The zero-order valence-electron chi connectivity index (χ0n) is 8.39. The molecule has 2 nitrogen and oxygen atoms in total. The number of benzene rings is 1. The number of hydrogen-bond acceptors (Lipinski definition) is 2. The third kappa shape index (κ3) is 2.19. The Morgan fingerprint density at radius 2 is 1.67 bits per heavy atom. The first-order chi connectivity index (χ1) is 7.16. The highest BCUT2D eigenvalue weighted by Gasteiger charge is 2.18. The first kappa shape index (κ1) is 10.2. The predicted molar refractivity (Wildman–Crippen MR) is 56.6 cm³/mol. The van der Waals surface area contributed by atoms with E-state index in [1.165, 1.54) is 0 Å². The van der Waals surface area contributed by atoms with Crippen molar-refractivity contribution in [2.24, 2.45) is 0 Å². The molecule has 2 rings (SSSR count). The summed E-state index contributed by atoms with van der Waals surface area (Å²) >= 11 is 0. The Balaban J connectivity index is 2.19. The lowest BCUT2D eigenvalue weighted by atomic mass is 10.2. The molecule has 0 bridgehead atoms. The molecule has 1 aromatic rings. The number of nitrogen functional groups attached to an aromatic ring is 1. The minimum atomic E-state index is -0.612. The molecule has 1 aromatic carbocycles. The van der Waals surface area contributed by atoms with Crippen LogP contribution in [0.25, 0.3) is 0 Å². The molecule has 1 aliphatic rings. The molecule has 3 N–H and O–H groups in total. The van der Waals surface area contributed by atoms with Crippen molar-refractivity contribution in [3.63, 3.8) is 0 Å². The highest BCUT2D eigenvalue weighted by atomic mass is 19.1. The van der Waals surface area contributed by atoms with Crippen LogP contribution >= 0.6 is 0 Å². The Kier molecular flexibility index (Phi) is 2.75.